The van der Waals surface area contributed by atoms with Crippen LogP contribution in [0.15, 0.2) is 22.8 Å². The third-order valence-corrected chi connectivity index (χ3v) is 4.38. The number of likely N-dealkylation sites (tertiary alicyclic amines) is 1. The zero-order valence-electron chi connectivity index (χ0n) is 14.1. The van der Waals surface area contributed by atoms with E-state index >= 15 is 0 Å². The Labute approximate surface area is 137 Å². The molecular weight excluding hydrogens is 294 g/mol. The van der Waals surface area contributed by atoms with E-state index < -0.39 is 0 Å². The Morgan fingerprint density at radius 2 is 2.22 bits per heavy atom. The van der Waals surface area contributed by atoms with Gasteiger partial charge in [-0.1, -0.05) is 13.8 Å². The van der Waals surface area contributed by atoms with Crippen molar-refractivity contribution in [2.24, 2.45) is 0 Å². The van der Waals surface area contributed by atoms with Crippen LogP contribution < -0.4 is 5.32 Å². The minimum Gasteiger partial charge on any atom is -0.467 e. The molecule has 1 fully saturated rings. The summed E-state index contributed by atoms with van der Waals surface area (Å²) in [5.41, 5.74) is 0. The Kier molecular flexibility index (Phi) is 6.65. The van der Waals surface area contributed by atoms with Crippen molar-refractivity contribution >= 4 is 11.8 Å². The predicted octanol–water partition coefficient (Wildman–Crippen LogP) is 1.62. The van der Waals surface area contributed by atoms with Gasteiger partial charge < -0.3 is 19.5 Å². The number of carbonyl (C=O) groups excluding carboxylic acids is 2. The number of furan rings is 1. The van der Waals surface area contributed by atoms with Crippen LogP contribution >= 0.6 is 0 Å². The molecule has 0 spiro atoms. The first-order chi connectivity index (χ1) is 11.2. The Morgan fingerprint density at radius 3 is 2.87 bits per heavy atom. The molecule has 2 heterocycles. The molecule has 1 aliphatic heterocycles. The summed E-state index contributed by atoms with van der Waals surface area (Å²) in [6.45, 7) is 8.32. The van der Waals surface area contributed by atoms with Crippen LogP contribution in [0.4, 0.5) is 0 Å². The average Bonchev–Trinajstić information content (AvgIpc) is 3.19. The van der Waals surface area contributed by atoms with Crippen molar-refractivity contribution in [3.05, 3.63) is 24.2 Å². The number of hydrogen-bond donors (Lipinski definition) is 1. The standard InChI is InChI=1S/C17H27N3O3/c1-3-19(4-2)11-6-10-18-17(22)15-8-9-16(21)20(15)13-14-7-5-12-23-14/h5,7,12,15H,3-4,6,8-11,13H2,1-2H3,(H,18,22). The lowest BCUT2D eigenvalue weighted by molar-refractivity contribution is -0.136. The maximum Gasteiger partial charge on any atom is 0.242 e. The van der Waals surface area contributed by atoms with Crippen molar-refractivity contribution in [3.63, 3.8) is 0 Å². The minimum absolute atomic E-state index is 0.0182. The molecule has 23 heavy (non-hydrogen) atoms. The van der Waals surface area contributed by atoms with Gasteiger partial charge in [0, 0.05) is 13.0 Å². The summed E-state index contributed by atoms with van der Waals surface area (Å²) in [5, 5.41) is 2.97. The van der Waals surface area contributed by atoms with Crippen LogP contribution in [0.2, 0.25) is 0 Å². The second-order valence-corrected chi connectivity index (χ2v) is 5.83. The molecule has 6 nitrogen and oxygen atoms in total. The number of nitrogens with zero attached hydrogens (tertiary/aromatic N) is 2. The smallest absolute Gasteiger partial charge is 0.242 e. The molecule has 2 rings (SSSR count). The first-order valence-corrected chi connectivity index (χ1v) is 8.47. The summed E-state index contributed by atoms with van der Waals surface area (Å²) in [5.74, 6) is 0.672. The number of nitrogens with one attached hydrogen (secondary N) is 1. The van der Waals surface area contributed by atoms with Gasteiger partial charge in [-0.2, -0.15) is 0 Å². The van der Waals surface area contributed by atoms with E-state index in [2.05, 4.69) is 24.1 Å². The molecule has 1 unspecified atom stereocenters. The van der Waals surface area contributed by atoms with E-state index in [0.29, 0.717) is 31.7 Å². The van der Waals surface area contributed by atoms with E-state index in [4.69, 9.17) is 4.42 Å². The lowest BCUT2D eigenvalue weighted by Crippen LogP contribution is -2.44. The van der Waals surface area contributed by atoms with E-state index in [-0.39, 0.29) is 17.9 Å². The van der Waals surface area contributed by atoms with Crippen LogP contribution in [0, 0.1) is 0 Å². The van der Waals surface area contributed by atoms with Crippen LogP contribution in [0.1, 0.15) is 38.9 Å². The molecule has 1 atom stereocenters. The van der Waals surface area contributed by atoms with Gasteiger partial charge in [-0.15, -0.1) is 0 Å². The first kappa shape index (κ1) is 17.5. The highest BCUT2D eigenvalue weighted by molar-refractivity contribution is 5.90. The predicted molar refractivity (Wildman–Crippen MR) is 87.7 cm³/mol. The summed E-state index contributed by atoms with van der Waals surface area (Å²) < 4.78 is 5.29. The molecule has 0 aliphatic carbocycles. The molecule has 0 aromatic carbocycles. The Bertz CT molecular complexity index is 497. The first-order valence-electron chi connectivity index (χ1n) is 8.47. The molecule has 0 bridgehead atoms. The van der Waals surface area contributed by atoms with Crippen LogP contribution in [0.25, 0.3) is 0 Å². The van der Waals surface area contributed by atoms with Gasteiger partial charge in [0.1, 0.15) is 11.8 Å². The van der Waals surface area contributed by atoms with Crippen molar-refractivity contribution < 1.29 is 14.0 Å². The Hall–Kier alpha value is -1.82. The van der Waals surface area contributed by atoms with Crippen molar-refractivity contribution in [1.29, 1.82) is 0 Å². The van der Waals surface area contributed by atoms with Gasteiger partial charge in [0.2, 0.25) is 11.8 Å². The minimum atomic E-state index is -0.374. The largest absolute Gasteiger partial charge is 0.467 e. The molecular formula is C17H27N3O3. The highest BCUT2D eigenvalue weighted by atomic mass is 16.3. The molecule has 1 N–H and O–H groups in total. The van der Waals surface area contributed by atoms with Crippen LogP contribution in [0.3, 0.4) is 0 Å². The lowest BCUT2D eigenvalue weighted by atomic mass is 10.2. The van der Waals surface area contributed by atoms with Crippen molar-refractivity contribution in [2.45, 2.75) is 45.7 Å². The molecule has 0 saturated carbocycles. The quantitative estimate of drug-likeness (QED) is 0.702. The summed E-state index contributed by atoms with van der Waals surface area (Å²) >= 11 is 0. The second kappa shape index (κ2) is 8.72. The maximum absolute atomic E-state index is 12.4. The summed E-state index contributed by atoms with van der Waals surface area (Å²) in [6.07, 6.45) is 3.52. The third kappa shape index (κ3) is 4.82. The molecule has 2 amide bonds. The van der Waals surface area contributed by atoms with E-state index in [9.17, 15) is 9.59 Å². The van der Waals surface area contributed by atoms with Crippen LogP contribution in [-0.2, 0) is 16.1 Å². The van der Waals surface area contributed by atoms with Gasteiger partial charge in [-0.05, 0) is 44.6 Å². The van der Waals surface area contributed by atoms with E-state index in [1.807, 2.05) is 6.07 Å². The van der Waals surface area contributed by atoms with Crippen molar-refractivity contribution in [3.8, 4) is 0 Å². The number of carbonyl (C=O) groups is 2. The highest BCUT2D eigenvalue weighted by Gasteiger charge is 2.36. The Balaban J connectivity index is 1.79. The number of amides is 2. The normalized spacial score (nSPS) is 18.0. The summed E-state index contributed by atoms with van der Waals surface area (Å²) in [7, 11) is 0. The van der Waals surface area contributed by atoms with Gasteiger partial charge in [-0.3, -0.25) is 9.59 Å². The molecule has 1 aliphatic rings. The molecule has 128 valence electrons. The lowest BCUT2D eigenvalue weighted by Gasteiger charge is -2.23. The van der Waals surface area contributed by atoms with Gasteiger partial charge in [0.15, 0.2) is 0 Å². The van der Waals surface area contributed by atoms with Gasteiger partial charge in [0.25, 0.3) is 0 Å². The Morgan fingerprint density at radius 1 is 1.43 bits per heavy atom. The monoisotopic (exact) mass is 321 g/mol. The van der Waals surface area contributed by atoms with E-state index in [1.54, 1.807) is 17.2 Å². The van der Waals surface area contributed by atoms with Crippen LogP contribution in [-0.4, -0.2) is 53.8 Å². The van der Waals surface area contributed by atoms with E-state index in [0.717, 1.165) is 26.1 Å². The zero-order chi connectivity index (χ0) is 16.7. The SMILES string of the molecule is CCN(CC)CCCNC(=O)C1CCC(=O)N1Cc1ccco1. The molecule has 1 aromatic rings. The fourth-order valence-electron chi connectivity index (χ4n) is 2.95. The zero-order valence-corrected chi connectivity index (χ0v) is 14.1. The topological polar surface area (TPSA) is 65.8 Å². The van der Waals surface area contributed by atoms with E-state index in [1.165, 1.54) is 0 Å². The summed E-state index contributed by atoms with van der Waals surface area (Å²) in [6, 6.07) is 3.24. The maximum atomic E-state index is 12.4. The third-order valence-electron chi connectivity index (χ3n) is 4.38. The van der Waals surface area contributed by atoms with Gasteiger partial charge in [-0.25, -0.2) is 0 Å². The molecule has 0 radical (unpaired) electrons. The highest BCUT2D eigenvalue weighted by Crippen LogP contribution is 2.21. The van der Waals surface area contributed by atoms with Crippen LogP contribution in [0.5, 0.6) is 0 Å². The fourth-order valence-corrected chi connectivity index (χ4v) is 2.95. The number of rotatable bonds is 9. The second-order valence-electron chi connectivity index (χ2n) is 5.83. The number of hydrogen-bond acceptors (Lipinski definition) is 4. The average molecular weight is 321 g/mol. The van der Waals surface area contributed by atoms with Gasteiger partial charge in [0.05, 0.1) is 12.8 Å². The fraction of sp³-hybridized carbons (Fsp3) is 0.647. The van der Waals surface area contributed by atoms with Crippen molar-refractivity contribution in [1.82, 2.24) is 15.1 Å². The summed E-state index contributed by atoms with van der Waals surface area (Å²) in [4.78, 5) is 28.3. The molecule has 1 saturated heterocycles. The molecule has 6 heteroatoms. The van der Waals surface area contributed by atoms with Crippen molar-refractivity contribution in [2.75, 3.05) is 26.2 Å². The van der Waals surface area contributed by atoms with Gasteiger partial charge >= 0.3 is 0 Å². The molecule has 1 aromatic heterocycles.